The van der Waals surface area contributed by atoms with Gasteiger partial charge in [-0.2, -0.15) is 4.99 Å². The van der Waals surface area contributed by atoms with Crippen LogP contribution >= 0.6 is 11.6 Å². The van der Waals surface area contributed by atoms with E-state index in [9.17, 15) is 18.0 Å². The van der Waals surface area contributed by atoms with E-state index in [0.717, 1.165) is 25.7 Å². The molecule has 0 unspecified atom stereocenters. The Bertz CT molecular complexity index is 1440. The summed E-state index contributed by atoms with van der Waals surface area (Å²) in [5.74, 6) is -0.936. The third-order valence-corrected chi connectivity index (χ3v) is 9.17. The highest BCUT2D eigenvalue weighted by molar-refractivity contribution is 7.89. The molecular weight excluding hydrogens is 546 g/mol. The van der Waals surface area contributed by atoms with Gasteiger partial charge in [-0.1, -0.05) is 30.5 Å². The number of nitrogen functional groups attached to an aromatic ring is 2. The summed E-state index contributed by atoms with van der Waals surface area (Å²) in [5, 5.41) is 6.21. The van der Waals surface area contributed by atoms with E-state index in [2.05, 4.69) is 30.3 Å². The molecule has 3 aliphatic rings. The highest BCUT2D eigenvalue weighted by Gasteiger charge is 2.41. The molecule has 5 rings (SSSR count). The van der Waals surface area contributed by atoms with Crippen LogP contribution in [0.1, 0.15) is 59.4 Å². The summed E-state index contributed by atoms with van der Waals surface area (Å²) in [4.78, 5) is 39.3. The Morgan fingerprint density at radius 1 is 1.13 bits per heavy atom. The van der Waals surface area contributed by atoms with Gasteiger partial charge in [0.05, 0.1) is 10.4 Å². The van der Waals surface area contributed by atoms with E-state index in [1.54, 1.807) is 17.0 Å². The van der Waals surface area contributed by atoms with E-state index in [4.69, 9.17) is 23.1 Å². The lowest BCUT2D eigenvalue weighted by Gasteiger charge is -2.38. The SMILES string of the molecule is Nc1nc(N)c(C(=O)/N=C2\NCC3(CCN(C(=O)c4cccc(S(=O)(=O)NC5CCCC5)c4)CC3)N2)nc1Cl. The number of aromatic nitrogens is 2. The smallest absolute Gasteiger partial charge is 0.302 e. The summed E-state index contributed by atoms with van der Waals surface area (Å²) in [7, 11) is -3.70. The van der Waals surface area contributed by atoms with Crippen molar-refractivity contribution in [2.75, 3.05) is 31.1 Å². The fourth-order valence-electron chi connectivity index (χ4n) is 5.16. The number of nitrogens with two attached hydrogens (primary N) is 2. The third kappa shape index (κ3) is 5.77. The quantitative estimate of drug-likeness (QED) is 0.341. The number of aliphatic imine (C=N–C) groups is 1. The van der Waals surface area contributed by atoms with Crippen LogP contribution < -0.4 is 26.8 Å². The lowest BCUT2D eigenvalue weighted by molar-refractivity contribution is 0.0668. The minimum absolute atomic E-state index is 0.0570. The van der Waals surface area contributed by atoms with Gasteiger partial charge in [0.15, 0.2) is 28.4 Å². The van der Waals surface area contributed by atoms with Crippen LogP contribution in [0.5, 0.6) is 0 Å². The van der Waals surface area contributed by atoms with Gasteiger partial charge in [-0.25, -0.2) is 23.1 Å². The van der Waals surface area contributed by atoms with Gasteiger partial charge in [0.1, 0.15) is 0 Å². The summed E-state index contributed by atoms with van der Waals surface area (Å²) in [6.45, 7) is 1.39. The van der Waals surface area contributed by atoms with Crippen molar-refractivity contribution in [3.8, 4) is 0 Å². The predicted octanol–water partition coefficient (Wildman–Crippen LogP) is 0.879. The highest BCUT2D eigenvalue weighted by Crippen LogP contribution is 2.27. The van der Waals surface area contributed by atoms with Gasteiger partial charge in [-0.05, 0) is 43.9 Å². The molecule has 208 valence electrons. The molecule has 1 aromatic heterocycles. The van der Waals surface area contributed by atoms with Crippen molar-refractivity contribution >= 4 is 51.0 Å². The van der Waals surface area contributed by atoms with Gasteiger partial charge >= 0.3 is 5.91 Å². The Hall–Kier alpha value is -3.49. The number of piperidine rings is 1. The molecule has 3 heterocycles. The normalized spacial score (nSPS) is 20.2. The van der Waals surface area contributed by atoms with Crippen LogP contribution in [0.25, 0.3) is 0 Å². The topological polar surface area (TPSA) is 198 Å². The van der Waals surface area contributed by atoms with Crippen molar-refractivity contribution in [3.63, 3.8) is 0 Å². The zero-order chi connectivity index (χ0) is 27.8. The molecule has 3 fully saturated rings. The number of amides is 2. The fraction of sp³-hybridized carbons (Fsp3) is 0.458. The fourth-order valence-corrected chi connectivity index (χ4v) is 6.64. The molecule has 0 atom stereocenters. The van der Waals surface area contributed by atoms with Crippen LogP contribution in [0, 0.1) is 0 Å². The number of rotatable bonds is 5. The molecule has 2 aromatic rings. The van der Waals surface area contributed by atoms with Crippen LogP contribution in [-0.2, 0) is 10.0 Å². The van der Waals surface area contributed by atoms with E-state index in [0.29, 0.717) is 38.0 Å². The Kier molecular flexibility index (Phi) is 7.35. The standard InChI is InChI=1S/C24H30ClN9O4S/c25-18-20(27)30-19(26)17(29-18)21(35)31-23-28-13-24(32-23)8-10-34(11-9-24)22(36)14-4-3-7-16(12-14)39(37,38)33-15-5-1-2-6-15/h3-4,7,12,15,33H,1-2,5-6,8-11,13H2,(H4,26,27,30)(H2,28,31,32,35). The Morgan fingerprint density at radius 3 is 2.56 bits per heavy atom. The molecule has 1 spiro atoms. The van der Waals surface area contributed by atoms with Gasteiger partial charge in [-0.3, -0.25) is 9.59 Å². The van der Waals surface area contributed by atoms with Gasteiger partial charge < -0.3 is 27.0 Å². The first kappa shape index (κ1) is 27.1. The van der Waals surface area contributed by atoms with E-state index < -0.39 is 21.5 Å². The number of likely N-dealkylation sites (tertiary alicyclic amines) is 1. The molecule has 7 N–H and O–H groups in total. The van der Waals surface area contributed by atoms with E-state index in [1.807, 2.05) is 0 Å². The van der Waals surface area contributed by atoms with Gasteiger partial charge in [0, 0.05) is 31.2 Å². The number of guanidine groups is 1. The summed E-state index contributed by atoms with van der Waals surface area (Å²) in [6, 6.07) is 6.11. The number of hydrogen-bond acceptors (Lipinski definition) is 8. The van der Waals surface area contributed by atoms with Crippen LogP contribution in [0.3, 0.4) is 0 Å². The Balaban J connectivity index is 1.21. The molecule has 1 saturated carbocycles. The van der Waals surface area contributed by atoms with Crippen molar-refractivity contribution in [2.24, 2.45) is 4.99 Å². The molecule has 1 aliphatic carbocycles. The summed E-state index contributed by atoms with van der Waals surface area (Å²) in [5.41, 5.74) is 11.0. The first-order chi connectivity index (χ1) is 18.6. The summed E-state index contributed by atoms with van der Waals surface area (Å²) >= 11 is 5.86. The molecular formula is C24H30ClN9O4S. The average Bonchev–Trinajstić information content (AvgIpc) is 3.56. The number of hydrogen-bond donors (Lipinski definition) is 5. The number of carbonyl (C=O) groups is 2. The summed E-state index contributed by atoms with van der Waals surface area (Å²) in [6.07, 6.45) is 4.86. The second kappa shape index (κ2) is 10.6. The van der Waals surface area contributed by atoms with Crippen molar-refractivity contribution in [3.05, 3.63) is 40.7 Å². The maximum absolute atomic E-state index is 13.2. The maximum atomic E-state index is 13.2. The van der Waals surface area contributed by atoms with E-state index >= 15 is 0 Å². The number of benzene rings is 1. The van der Waals surface area contributed by atoms with Crippen LogP contribution in [-0.4, -0.2) is 72.3 Å². The molecule has 2 amide bonds. The maximum Gasteiger partial charge on any atom is 0.302 e. The van der Waals surface area contributed by atoms with Crippen LogP contribution in [0.4, 0.5) is 11.6 Å². The van der Waals surface area contributed by atoms with Gasteiger partial charge in [0.2, 0.25) is 10.0 Å². The zero-order valence-corrected chi connectivity index (χ0v) is 22.7. The Labute approximate surface area is 230 Å². The van der Waals surface area contributed by atoms with Crippen molar-refractivity contribution in [2.45, 2.75) is 55.0 Å². The second-order valence-corrected chi connectivity index (χ2v) is 12.2. The number of nitrogens with zero attached hydrogens (tertiary/aromatic N) is 4. The minimum atomic E-state index is -3.70. The first-order valence-corrected chi connectivity index (χ1v) is 14.6. The minimum Gasteiger partial charge on any atom is -0.382 e. The van der Waals surface area contributed by atoms with Crippen LogP contribution in [0.2, 0.25) is 5.15 Å². The molecule has 13 nitrogen and oxygen atoms in total. The number of halogens is 1. The van der Waals surface area contributed by atoms with Crippen molar-refractivity contribution < 1.29 is 18.0 Å². The van der Waals surface area contributed by atoms with Crippen molar-refractivity contribution in [1.82, 2.24) is 30.2 Å². The lowest BCUT2D eigenvalue weighted by Crippen LogP contribution is -2.53. The number of anilines is 2. The van der Waals surface area contributed by atoms with E-state index in [1.165, 1.54) is 12.1 Å². The number of carbonyl (C=O) groups excluding carboxylic acids is 2. The number of sulfonamides is 1. The third-order valence-electron chi connectivity index (χ3n) is 7.37. The number of nitrogens with one attached hydrogen (secondary N) is 3. The predicted molar refractivity (Wildman–Crippen MR) is 146 cm³/mol. The van der Waals surface area contributed by atoms with Crippen LogP contribution in [0.15, 0.2) is 34.2 Å². The first-order valence-electron chi connectivity index (χ1n) is 12.7. The lowest BCUT2D eigenvalue weighted by atomic mass is 9.88. The molecule has 0 bridgehead atoms. The molecule has 1 aromatic carbocycles. The zero-order valence-electron chi connectivity index (χ0n) is 21.1. The highest BCUT2D eigenvalue weighted by atomic mass is 35.5. The second-order valence-electron chi connectivity index (χ2n) is 10.1. The van der Waals surface area contributed by atoms with E-state index in [-0.39, 0.29) is 45.3 Å². The average molecular weight is 576 g/mol. The largest absolute Gasteiger partial charge is 0.382 e. The molecule has 15 heteroatoms. The molecule has 2 aliphatic heterocycles. The Morgan fingerprint density at radius 2 is 1.85 bits per heavy atom. The monoisotopic (exact) mass is 575 g/mol. The van der Waals surface area contributed by atoms with Gasteiger partial charge in [0.25, 0.3) is 5.91 Å². The summed E-state index contributed by atoms with van der Waals surface area (Å²) < 4.78 is 28.4. The molecule has 2 saturated heterocycles. The van der Waals surface area contributed by atoms with Crippen molar-refractivity contribution in [1.29, 1.82) is 0 Å². The van der Waals surface area contributed by atoms with Gasteiger partial charge in [-0.15, -0.1) is 0 Å². The molecule has 39 heavy (non-hydrogen) atoms. The molecule has 0 radical (unpaired) electrons.